The lowest BCUT2D eigenvalue weighted by Gasteiger charge is -2.21. The normalized spacial score (nSPS) is 18.7. The number of non-ortho nitro benzene ring substituents is 1. The third-order valence-electron chi connectivity index (χ3n) is 3.44. The first kappa shape index (κ1) is 13.3. The Morgan fingerprint density at radius 1 is 1.42 bits per heavy atom. The first-order valence-corrected chi connectivity index (χ1v) is 6.12. The summed E-state index contributed by atoms with van der Waals surface area (Å²) in [7, 11) is 0. The standard InChI is InChI=1S/C14H16N2O3/c1-4-11-7-13(17)15(8-11)14-9(2)5-12(16(18)19)6-10(14)3/h4-6,11H,1,7-8H2,2-3H3. The van der Waals surface area contributed by atoms with Gasteiger partial charge in [-0.25, -0.2) is 0 Å². The average molecular weight is 260 g/mol. The van der Waals surface area contributed by atoms with E-state index in [0.29, 0.717) is 13.0 Å². The Morgan fingerprint density at radius 2 is 2.00 bits per heavy atom. The number of carbonyl (C=O) groups excluding carboxylic acids is 1. The minimum Gasteiger partial charge on any atom is -0.311 e. The zero-order valence-corrected chi connectivity index (χ0v) is 11.0. The molecule has 0 saturated carbocycles. The molecule has 100 valence electrons. The zero-order chi connectivity index (χ0) is 14.2. The predicted octanol–water partition coefficient (Wildman–Crippen LogP) is 2.75. The minimum atomic E-state index is -0.415. The molecule has 0 bridgehead atoms. The molecule has 19 heavy (non-hydrogen) atoms. The van der Waals surface area contributed by atoms with Gasteiger partial charge in [0.05, 0.1) is 4.92 Å². The van der Waals surface area contributed by atoms with Gasteiger partial charge in [0.2, 0.25) is 5.91 Å². The van der Waals surface area contributed by atoms with E-state index in [-0.39, 0.29) is 17.5 Å². The van der Waals surface area contributed by atoms with Crippen molar-refractivity contribution in [3.8, 4) is 0 Å². The van der Waals surface area contributed by atoms with E-state index in [2.05, 4.69) is 6.58 Å². The predicted molar refractivity (Wildman–Crippen MR) is 73.2 cm³/mol. The number of aryl methyl sites for hydroxylation is 2. The second kappa shape index (κ2) is 4.84. The number of anilines is 1. The quantitative estimate of drug-likeness (QED) is 0.477. The number of nitro groups is 1. The van der Waals surface area contributed by atoms with Crippen LogP contribution in [0.2, 0.25) is 0 Å². The van der Waals surface area contributed by atoms with Crippen molar-refractivity contribution in [2.75, 3.05) is 11.4 Å². The van der Waals surface area contributed by atoms with Crippen molar-refractivity contribution >= 4 is 17.3 Å². The summed E-state index contributed by atoms with van der Waals surface area (Å²) in [4.78, 5) is 24.1. The Bertz CT molecular complexity index is 543. The fourth-order valence-electron chi connectivity index (χ4n) is 2.57. The summed E-state index contributed by atoms with van der Waals surface area (Å²) < 4.78 is 0. The maximum Gasteiger partial charge on any atom is 0.270 e. The topological polar surface area (TPSA) is 63.5 Å². The van der Waals surface area contributed by atoms with E-state index < -0.39 is 4.92 Å². The van der Waals surface area contributed by atoms with Gasteiger partial charge in [0.25, 0.3) is 5.69 Å². The number of benzene rings is 1. The second-order valence-electron chi connectivity index (χ2n) is 4.89. The van der Waals surface area contributed by atoms with E-state index in [4.69, 9.17) is 0 Å². The summed E-state index contributed by atoms with van der Waals surface area (Å²) in [6.45, 7) is 7.91. The lowest BCUT2D eigenvalue weighted by Crippen LogP contribution is -2.26. The molecule has 1 aromatic carbocycles. The number of hydrogen-bond acceptors (Lipinski definition) is 3. The van der Waals surface area contributed by atoms with E-state index >= 15 is 0 Å². The molecule has 1 heterocycles. The minimum absolute atomic E-state index is 0.0463. The molecule has 0 aliphatic carbocycles. The molecule has 1 aromatic rings. The van der Waals surface area contributed by atoms with Crippen molar-refractivity contribution in [3.05, 3.63) is 46.0 Å². The Morgan fingerprint density at radius 3 is 2.42 bits per heavy atom. The van der Waals surface area contributed by atoms with Crippen LogP contribution in [-0.4, -0.2) is 17.4 Å². The van der Waals surface area contributed by atoms with Gasteiger partial charge in [-0.05, 0) is 25.0 Å². The van der Waals surface area contributed by atoms with Gasteiger partial charge in [-0.2, -0.15) is 0 Å². The van der Waals surface area contributed by atoms with Crippen molar-refractivity contribution in [1.29, 1.82) is 0 Å². The first-order valence-electron chi connectivity index (χ1n) is 6.12. The van der Waals surface area contributed by atoms with E-state index in [1.807, 2.05) is 0 Å². The molecular weight excluding hydrogens is 244 g/mol. The van der Waals surface area contributed by atoms with Crippen molar-refractivity contribution in [3.63, 3.8) is 0 Å². The maximum atomic E-state index is 12.0. The molecule has 1 atom stereocenters. The summed E-state index contributed by atoms with van der Waals surface area (Å²) >= 11 is 0. The van der Waals surface area contributed by atoms with Gasteiger partial charge in [-0.15, -0.1) is 6.58 Å². The number of carbonyl (C=O) groups is 1. The summed E-state index contributed by atoms with van der Waals surface area (Å²) in [5.74, 6) is 0.200. The summed E-state index contributed by atoms with van der Waals surface area (Å²) in [5.41, 5.74) is 2.36. The SMILES string of the molecule is C=CC1CC(=O)N(c2c(C)cc([N+](=O)[O-])cc2C)C1. The van der Waals surface area contributed by atoms with Gasteiger partial charge in [0.1, 0.15) is 0 Å². The van der Waals surface area contributed by atoms with Crippen LogP contribution in [0.1, 0.15) is 17.5 Å². The van der Waals surface area contributed by atoms with Crippen LogP contribution in [0, 0.1) is 29.9 Å². The van der Waals surface area contributed by atoms with Crippen molar-refractivity contribution in [1.82, 2.24) is 0 Å². The van der Waals surface area contributed by atoms with Crippen molar-refractivity contribution in [2.45, 2.75) is 20.3 Å². The first-order chi connectivity index (χ1) is 8.93. The van der Waals surface area contributed by atoms with Gasteiger partial charge in [-0.3, -0.25) is 14.9 Å². The van der Waals surface area contributed by atoms with E-state index in [1.54, 1.807) is 24.8 Å². The molecule has 1 aliphatic rings. The largest absolute Gasteiger partial charge is 0.311 e. The highest BCUT2D eigenvalue weighted by Crippen LogP contribution is 2.33. The van der Waals surface area contributed by atoms with Gasteiger partial charge < -0.3 is 4.90 Å². The Kier molecular flexibility index (Phi) is 3.38. The molecular formula is C14H16N2O3. The Hall–Kier alpha value is -2.17. The van der Waals surface area contributed by atoms with Crippen LogP contribution >= 0.6 is 0 Å². The lowest BCUT2D eigenvalue weighted by atomic mass is 10.1. The van der Waals surface area contributed by atoms with E-state index in [0.717, 1.165) is 16.8 Å². The van der Waals surface area contributed by atoms with Crippen molar-refractivity contribution in [2.24, 2.45) is 5.92 Å². The molecule has 1 unspecified atom stereocenters. The monoisotopic (exact) mass is 260 g/mol. The number of nitrogens with zero attached hydrogens (tertiary/aromatic N) is 2. The second-order valence-corrected chi connectivity index (χ2v) is 4.89. The molecule has 0 radical (unpaired) electrons. The van der Waals surface area contributed by atoms with Crippen LogP contribution in [0.5, 0.6) is 0 Å². The Balaban J connectivity index is 2.43. The van der Waals surface area contributed by atoms with Gasteiger partial charge in [-0.1, -0.05) is 6.08 Å². The highest BCUT2D eigenvalue weighted by atomic mass is 16.6. The van der Waals surface area contributed by atoms with Gasteiger partial charge >= 0.3 is 0 Å². The van der Waals surface area contributed by atoms with Crippen LogP contribution in [-0.2, 0) is 4.79 Å². The number of hydrogen-bond donors (Lipinski definition) is 0. The van der Waals surface area contributed by atoms with Crippen LogP contribution < -0.4 is 4.90 Å². The van der Waals surface area contributed by atoms with Gasteiger partial charge in [0.15, 0.2) is 0 Å². The van der Waals surface area contributed by atoms with Crippen LogP contribution in [0.15, 0.2) is 24.8 Å². The highest BCUT2D eigenvalue weighted by Gasteiger charge is 2.31. The highest BCUT2D eigenvalue weighted by molar-refractivity contribution is 5.97. The number of nitro benzene ring substituents is 1. The van der Waals surface area contributed by atoms with Crippen LogP contribution in [0.4, 0.5) is 11.4 Å². The fourth-order valence-corrected chi connectivity index (χ4v) is 2.57. The molecule has 0 aromatic heterocycles. The third kappa shape index (κ3) is 2.36. The Labute approximate surface area is 111 Å². The molecule has 0 spiro atoms. The van der Waals surface area contributed by atoms with Crippen LogP contribution in [0.25, 0.3) is 0 Å². The zero-order valence-electron chi connectivity index (χ0n) is 11.0. The smallest absolute Gasteiger partial charge is 0.270 e. The molecule has 1 amide bonds. The maximum absolute atomic E-state index is 12.0. The van der Waals surface area contributed by atoms with Crippen LogP contribution in [0.3, 0.4) is 0 Å². The molecule has 5 heteroatoms. The molecule has 2 rings (SSSR count). The third-order valence-corrected chi connectivity index (χ3v) is 3.44. The van der Waals surface area contributed by atoms with E-state index in [9.17, 15) is 14.9 Å². The molecule has 1 aliphatic heterocycles. The summed E-state index contributed by atoms with van der Waals surface area (Å²) in [6, 6.07) is 3.02. The molecule has 1 saturated heterocycles. The summed E-state index contributed by atoms with van der Waals surface area (Å²) in [5, 5.41) is 10.8. The molecule has 5 nitrogen and oxygen atoms in total. The number of amides is 1. The molecule has 0 N–H and O–H groups in total. The number of rotatable bonds is 3. The lowest BCUT2D eigenvalue weighted by molar-refractivity contribution is -0.384. The fraction of sp³-hybridized carbons (Fsp3) is 0.357. The average Bonchev–Trinajstić information content (AvgIpc) is 2.70. The summed E-state index contributed by atoms with van der Waals surface area (Å²) in [6.07, 6.45) is 2.24. The van der Waals surface area contributed by atoms with E-state index in [1.165, 1.54) is 12.1 Å². The molecule has 1 fully saturated rings. The van der Waals surface area contributed by atoms with Gasteiger partial charge in [0, 0.05) is 36.7 Å². The van der Waals surface area contributed by atoms with Crippen molar-refractivity contribution < 1.29 is 9.72 Å².